The third-order valence-electron chi connectivity index (χ3n) is 3.90. The van der Waals surface area contributed by atoms with E-state index in [1.54, 1.807) is 6.07 Å². The Balaban J connectivity index is 2.22. The van der Waals surface area contributed by atoms with Crippen molar-refractivity contribution in [1.29, 1.82) is 0 Å². The van der Waals surface area contributed by atoms with Crippen LogP contribution in [0.1, 0.15) is 36.5 Å². The minimum absolute atomic E-state index is 0.372. The fraction of sp³-hybridized carbons (Fsp3) is 0.533. The summed E-state index contributed by atoms with van der Waals surface area (Å²) in [5.74, 6) is 0.372. The van der Waals surface area contributed by atoms with Gasteiger partial charge in [-0.1, -0.05) is 13.3 Å². The van der Waals surface area contributed by atoms with E-state index < -0.39 is 0 Å². The average molecular weight is 262 g/mol. The van der Waals surface area contributed by atoms with Crippen molar-refractivity contribution in [3.8, 4) is 0 Å². The number of piperidine rings is 1. The van der Waals surface area contributed by atoms with E-state index in [1.165, 1.54) is 26.4 Å². The van der Waals surface area contributed by atoms with Crippen molar-refractivity contribution < 1.29 is 9.53 Å². The lowest BCUT2D eigenvalue weighted by Gasteiger charge is -2.34. The molecule has 0 aromatic heterocycles. The smallest absolute Gasteiger partial charge is 0.340 e. The molecule has 0 spiro atoms. The van der Waals surface area contributed by atoms with Gasteiger partial charge in [0.05, 0.1) is 12.7 Å². The summed E-state index contributed by atoms with van der Waals surface area (Å²) in [5.41, 5.74) is 7.82. The maximum atomic E-state index is 11.7. The maximum Gasteiger partial charge on any atom is 0.340 e. The molecule has 1 aliphatic heterocycles. The van der Waals surface area contributed by atoms with Crippen LogP contribution in [-0.4, -0.2) is 26.2 Å². The van der Waals surface area contributed by atoms with Crippen LogP contribution in [0.2, 0.25) is 0 Å². The molecule has 1 unspecified atom stereocenters. The Hall–Kier alpha value is -1.71. The van der Waals surface area contributed by atoms with Gasteiger partial charge in [-0.2, -0.15) is 0 Å². The number of carbonyl (C=O) groups is 1. The van der Waals surface area contributed by atoms with E-state index in [9.17, 15) is 4.79 Å². The molecule has 4 nitrogen and oxygen atoms in total. The first-order chi connectivity index (χ1) is 9.15. The van der Waals surface area contributed by atoms with Gasteiger partial charge in [0, 0.05) is 24.5 Å². The van der Waals surface area contributed by atoms with Gasteiger partial charge in [-0.25, -0.2) is 4.79 Å². The molecule has 1 aliphatic rings. The van der Waals surface area contributed by atoms with E-state index in [1.807, 2.05) is 12.1 Å². The summed E-state index contributed by atoms with van der Waals surface area (Å²) in [6.45, 7) is 4.33. The summed E-state index contributed by atoms with van der Waals surface area (Å²) < 4.78 is 4.76. The molecular formula is C15H22N2O2. The molecule has 2 N–H and O–H groups in total. The summed E-state index contributed by atoms with van der Waals surface area (Å²) in [5, 5.41) is 0. The highest BCUT2D eigenvalue weighted by atomic mass is 16.5. The summed E-state index contributed by atoms with van der Waals surface area (Å²) in [7, 11) is 1.38. The number of carbonyl (C=O) groups excluding carboxylic acids is 1. The molecule has 0 radical (unpaired) electrons. The highest BCUT2D eigenvalue weighted by Gasteiger charge is 2.20. The summed E-state index contributed by atoms with van der Waals surface area (Å²) in [4.78, 5) is 14.0. The van der Waals surface area contributed by atoms with Crippen molar-refractivity contribution in [3.63, 3.8) is 0 Å². The van der Waals surface area contributed by atoms with Crippen LogP contribution in [0.5, 0.6) is 0 Å². The molecule has 0 saturated carbocycles. The highest BCUT2D eigenvalue weighted by molar-refractivity contribution is 5.96. The first-order valence-corrected chi connectivity index (χ1v) is 6.88. The lowest BCUT2D eigenvalue weighted by molar-refractivity contribution is 0.0602. The Labute approximate surface area is 114 Å². The summed E-state index contributed by atoms with van der Waals surface area (Å²) in [6, 6.07) is 5.62. The van der Waals surface area contributed by atoms with Crippen molar-refractivity contribution >= 4 is 17.3 Å². The third-order valence-corrected chi connectivity index (χ3v) is 3.90. The molecule has 0 bridgehead atoms. The number of hydrogen-bond acceptors (Lipinski definition) is 4. The Kier molecular flexibility index (Phi) is 4.30. The lowest BCUT2D eigenvalue weighted by Crippen LogP contribution is -2.35. The van der Waals surface area contributed by atoms with Crippen LogP contribution in [0.15, 0.2) is 18.2 Å². The molecule has 19 heavy (non-hydrogen) atoms. The average Bonchev–Trinajstić information content (AvgIpc) is 2.47. The first kappa shape index (κ1) is 13.7. The first-order valence-electron chi connectivity index (χ1n) is 6.88. The molecule has 104 valence electrons. The van der Waals surface area contributed by atoms with Crippen molar-refractivity contribution in [1.82, 2.24) is 0 Å². The van der Waals surface area contributed by atoms with Crippen LogP contribution in [0.4, 0.5) is 11.4 Å². The molecular weight excluding hydrogens is 240 g/mol. The molecule has 1 aromatic carbocycles. The second kappa shape index (κ2) is 5.95. The van der Waals surface area contributed by atoms with Crippen molar-refractivity contribution in [2.45, 2.75) is 26.2 Å². The zero-order valence-corrected chi connectivity index (χ0v) is 11.7. The number of hydrogen-bond donors (Lipinski definition) is 1. The van der Waals surface area contributed by atoms with E-state index in [0.29, 0.717) is 11.3 Å². The summed E-state index contributed by atoms with van der Waals surface area (Å²) >= 11 is 0. The number of nitrogen functional groups attached to an aromatic ring is 1. The van der Waals surface area contributed by atoms with Crippen LogP contribution >= 0.6 is 0 Å². The van der Waals surface area contributed by atoms with Gasteiger partial charge in [0.2, 0.25) is 0 Å². The number of nitrogens with two attached hydrogens (primary N) is 1. The van der Waals surface area contributed by atoms with Gasteiger partial charge < -0.3 is 15.4 Å². The largest absolute Gasteiger partial charge is 0.465 e. The standard InChI is InChI=1S/C15H22N2O2/c1-3-11-5-4-8-17(10-11)12-6-7-14(16)13(9-12)15(18)19-2/h6-7,9,11H,3-5,8,10,16H2,1-2H3. The molecule has 1 fully saturated rings. The summed E-state index contributed by atoms with van der Waals surface area (Å²) in [6.07, 6.45) is 3.71. The number of esters is 1. The molecule has 0 amide bonds. The number of benzene rings is 1. The highest BCUT2D eigenvalue weighted by Crippen LogP contribution is 2.27. The van der Waals surface area contributed by atoms with E-state index in [2.05, 4.69) is 11.8 Å². The molecule has 0 aliphatic carbocycles. The van der Waals surface area contributed by atoms with Crippen molar-refractivity contribution in [3.05, 3.63) is 23.8 Å². The molecule has 1 heterocycles. The van der Waals surface area contributed by atoms with Crippen molar-refractivity contribution in [2.75, 3.05) is 30.8 Å². The van der Waals surface area contributed by atoms with Crippen LogP contribution < -0.4 is 10.6 Å². The van der Waals surface area contributed by atoms with Gasteiger partial charge >= 0.3 is 5.97 Å². The lowest BCUT2D eigenvalue weighted by atomic mass is 9.95. The minimum Gasteiger partial charge on any atom is -0.465 e. The van der Waals surface area contributed by atoms with Crippen LogP contribution in [0, 0.1) is 5.92 Å². The molecule has 2 rings (SSSR count). The van der Waals surface area contributed by atoms with Gasteiger partial charge in [0.1, 0.15) is 0 Å². The van der Waals surface area contributed by atoms with Crippen LogP contribution in [0.3, 0.4) is 0 Å². The molecule has 1 saturated heterocycles. The normalized spacial score (nSPS) is 19.3. The van der Waals surface area contributed by atoms with Gasteiger partial charge in [0.25, 0.3) is 0 Å². The van der Waals surface area contributed by atoms with Crippen LogP contribution in [-0.2, 0) is 4.74 Å². The predicted octanol–water partition coefficient (Wildman–Crippen LogP) is 2.68. The molecule has 1 atom stereocenters. The Morgan fingerprint density at radius 2 is 2.32 bits per heavy atom. The Morgan fingerprint density at radius 3 is 3.00 bits per heavy atom. The second-order valence-electron chi connectivity index (χ2n) is 5.13. The molecule has 1 aromatic rings. The number of methoxy groups -OCH3 is 1. The fourth-order valence-electron chi connectivity index (χ4n) is 2.66. The quantitative estimate of drug-likeness (QED) is 0.672. The van der Waals surface area contributed by atoms with E-state index in [4.69, 9.17) is 10.5 Å². The van der Waals surface area contributed by atoms with Crippen LogP contribution in [0.25, 0.3) is 0 Å². The number of nitrogens with zero attached hydrogens (tertiary/aromatic N) is 1. The molecule has 4 heteroatoms. The van der Waals surface area contributed by atoms with Gasteiger partial charge in [-0.05, 0) is 37.0 Å². The SMILES string of the molecule is CCC1CCCN(c2ccc(N)c(C(=O)OC)c2)C1. The predicted molar refractivity (Wildman–Crippen MR) is 77.4 cm³/mol. The Morgan fingerprint density at radius 1 is 1.53 bits per heavy atom. The van der Waals surface area contributed by atoms with E-state index in [-0.39, 0.29) is 5.97 Å². The van der Waals surface area contributed by atoms with Gasteiger partial charge in [-0.15, -0.1) is 0 Å². The van der Waals surface area contributed by atoms with Gasteiger partial charge in [-0.3, -0.25) is 0 Å². The third kappa shape index (κ3) is 3.00. The number of anilines is 2. The maximum absolute atomic E-state index is 11.7. The zero-order chi connectivity index (χ0) is 13.8. The second-order valence-corrected chi connectivity index (χ2v) is 5.13. The van der Waals surface area contributed by atoms with E-state index in [0.717, 1.165) is 24.7 Å². The zero-order valence-electron chi connectivity index (χ0n) is 11.7. The number of ether oxygens (including phenoxy) is 1. The topological polar surface area (TPSA) is 55.6 Å². The fourth-order valence-corrected chi connectivity index (χ4v) is 2.66. The van der Waals surface area contributed by atoms with Gasteiger partial charge in [0.15, 0.2) is 0 Å². The van der Waals surface area contributed by atoms with E-state index >= 15 is 0 Å². The monoisotopic (exact) mass is 262 g/mol. The minimum atomic E-state index is -0.372. The van der Waals surface area contributed by atoms with Crippen molar-refractivity contribution in [2.24, 2.45) is 5.92 Å². The number of rotatable bonds is 3. The Bertz CT molecular complexity index is 459.